The van der Waals surface area contributed by atoms with E-state index in [2.05, 4.69) is 10.3 Å². The highest BCUT2D eigenvalue weighted by molar-refractivity contribution is 6.33. The number of morpholine rings is 1. The van der Waals surface area contributed by atoms with E-state index in [0.717, 1.165) is 11.1 Å². The predicted molar refractivity (Wildman–Crippen MR) is 143 cm³/mol. The average molecular weight is 533 g/mol. The summed E-state index contributed by atoms with van der Waals surface area (Å²) in [7, 11) is 0. The second-order valence-electron chi connectivity index (χ2n) is 8.88. The maximum Gasteiger partial charge on any atom is 0.254 e. The van der Waals surface area contributed by atoms with Crippen molar-refractivity contribution >= 4 is 41.1 Å². The van der Waals surface area contributed by atoms with Crippen LogP contribution in [0.2, 0.25) is 5.02 Å². The standard InChI is InChI=1S/C28H25ClN4O5/c29-22-14-20(18-3-5-19(6-4-18)28(36)33-9-11-37-12-10-33)13-21-26(35)23(38-27(21)22)16-32-25(34)8-2-17-1-7-24(30)31-15-17/h1-8,13-15,23H,9-12,16H2,(H2,30,31)(H,32,34). The van der Waals surface area contributed by atoms with Crippen LogP contribution < -0.4 is 15.8 Å². The molecule has 194 valence electrons. The summed E-state index contributed by atoms with van der Waals surface area (Å²) in [5.41, 5.74) is 8.74. The number of aromatic nitrogens is 1. The Morgan fingerprint density at radius 1 is 1.11 bits per heavy atom. The van der Waals surface area contributed by atoms with Crippen molar-refractivity contribution in [2.24, 2.45) is 0 Å². The Morgan fingerprint density at radius 3 is 2.58 bits per heavy atom. The molecule has 1 aromatic heterocycles. The molecule has 1 atom stereocenters. The van der Waals surface area contributed by atoms with Crippen molar-refractivity contribution in [2.45, 2.75) is 6.10 Å². The number of fused-ring (bicyclic) bond motifs is 1. The molecule has 38 heavy (non-hydrogen) atoms. The van der Waals surface area contributed by atoms with Crippen molar-refractivity contribution in [3.63, 3.8) is 0 Å². The fraction of sp³-hybridized carbons (Fsp3) is 0.214. The Morgan fingerprint density at radius 2 is 1.87 bits per heavy atom. The second kappa shape index (κ2) is 11.0. The maximum absolute atomic E-state index is 13.0. The summed E-state index contributed by atoms with van der Waals surface area (Å²) in [5, 5.41) is 2.97. The first-order valence-corrected chi connectivity index (χ1v) is 12.5. The van der Waals surface area contributed by atoms with Crippen LogP contribution in [0.25, 0.3) is 17.2 Å². The molecule has 2 aliphatic rings. The van der Waals surface area contributed by atoms with Crippen LogP contribution in [0.4, 0.5) is 5.82 Å². The SMILES string of the molecule is Nc1ccc(C=CC(=O)NCC2Oc3c(Cl)cc(-c4ccc(C(=O)N5CCOCC5)cc4)cc3C2=O)cn1. The lowest BCUT2D eigenvalue weighted by molar-refractivity contribution is -0.116. The molecule has 3 heterocycles. The molecular formula is C28H25ClN4O5. The van der Waals surface area contributed by atoms with Gasteiger partial charge in [0.2, 0.25) is 11.7 Å². The molecule has 0 spiro atoms. The minimum absolute atomic E-state index is 0.0132. The van der Waals surface area contributed by atoms with Crippen molar-refractivity contribution in [1.82, 2.24) is 15.2 Å². The summed E-state index contributed by atoms with van der Waals surface area (Å²) in [4.78, 5) is 43.7. The van der Waals surface area contributed by atoms with Gasteiger partial charge in [0.05, 0.1) is 30.3 Å². The first kappa shape index (κ1) is 25.4. The zero-order valence-electron chi connectivity index (χ0n) is 20.4. The molecular weight excluding hydrogens is 508 g/mol. The van der Waals surface area contributed by atoms with Gasteiger partial charge < -0.3 is 25.4 Å². The molecule has 0 radical (unpaired) electrons. The fourth-order valence-electron chi connectivity index (χ4n) is 4.26. The number of rotatable bonds is 6. The zero-order chi connectivity index (χ0) is 26.6. The highest BCUT2D eigenvalue weighted by atomic mass is 35.5. The number of nitrogens with one attached hydrogen (secondary N) is 1. The van der Waals surface area contributed by atoms with Crippen LogP contribution in [0.3, 0.4) is 0 Å². The Bertz CT molecular complexity index is 1400. The summed E-state index contributed by atoms with van der Waals surface area (Å²) in [5.74, 6) is -0.00844. The molecule has 3 aromatic rings. The number of amides is 2. The van der Waals surface area contributed by atoms with Gasteiger partial charge in [-0.15, -0.1) is 0 Å². The van der Waals surface area contributed by atoms with Gasteiger partial charge in [-0.2, -0.15) is 0 Å². The van der Waals surface area contributed by atoms with Crippen LogP contribution in [0.1, 0.15) is 26.3 Å². The number of ketones is 1. The van der Waals surface area contributed by atoms with Gasteiger partial charge in [-0.25, -0.2) is 4.98 Å². The first-order valence-electron chi connectivity index (χ1n) is 12.1. The molecule has 1 fully saturated rings. The number of carbonyl (C=O) groups excluding carboxylic acids is 3. The number of anilines is 1. The Kier molecular flexibility index (Phi) is 7.39. The maximum atomic E-state index is 13.0. The largest absolute Gasteiger partial charge is 0.478 e. The third-order valence-electron chi connectivity index (χ3n) is 6.32. The van der Waals surface area contributed by atoms with Crippen molar-refractivity contribution in [1.29, 1.82) is 0 Å². The summed E-state index contributed by atoms with van der Waals surface area (Å²) < 4.78 is 11.1. The van der Waals surface area contributed by atoms with Gasteiger partial charge in [0.15, 0.2) is 6.10 Å². The number of nitrogens with zero attached hydrogens (tertiary/aromatic N) is 2. The lowest BCUT2D eigenvalue weighted by atomic mass is 9.99. The number of Topliss-reactive ketones (excluding diaryl/α,β-unsaturated/α-hetero) is 1. The van der Waals surface area contributed by atoms with Gasteiger partial charge in [0.1, 0.15) is 11.6 Å². The van der Waals surface area contributed by atoms with Crippen LogP contribution in [0.15, 0.2) is 60.8 Å². The number of halogens is 1. The molecule has 2 amide bonds. The third-order valence-corrected chi connectivity index (χ3v) is 6.60. The van der Waals surface area contributed by atoms with E-state index >= 15 is 0 Å². The quantitative estimate of drug-likeness (QED) is 0.467. The van der Waals surface area contributed by atoms with Gasteiger partial charge in [-0.05, 0) is 59.2 Å². The Balaban J connectivity index is 1.23. The highest BCUT2D eigenvalue weighted by Gasteiger charge is 2.34. The molecule has 2 aromatic carbocycles. The molecule has 2 aliphatic heterocycles. The van der Waals surface area contributed by atoms with E-state index in [1.54, 1.807) is 53.6 Å². The number of benzene rings is 2. The number of ether oxygens (including phenoxy) is 2. The normalized spacial score (nSPS) is 16.8. The van der Waals surface area contributed by atoms with E-state index in [0.29, 0.717) is 59.6 Å². The molecule has 1 saturated heterocycles. The number of pyridine rings is 1. The van der Waals surface area contributed by atoms with Gasteiger partial charge in [-0.1, -0.05) is 23.7 Å². The molecule has 5 rings (SSSR count). The highest BCUT2D eigenvalue weighted by Crippen LogP contribution is 2.39. The second-order valence-corrected chi connectivity index (χ2v) is 9.29. The smallest absolute Gasteiger partial charge is 0.254 e. The van der Waals surface area contributed by atoms with Crippen LogP contribution in [0, 0.1) is 0 Å². The topological polar surface area (TPSA) is 124 Å². The fourth-order valence-corrected chi connectivity index (χ4v) is 4.52. The van der Waals surface area contributed by atoms with E-state index in [1.807, 2.05) is 12.1 Å². The van der Waals surface area contributed by atoms with Crippen molar-refractivity contribution in [3.8, 4) is 16.9 Å². The molecule has 3 N–H and O–H groups in total. The summed E-state index contributed by atoms with van der Waals surface area (Å²) in [6.07, 6.45) is 3.60. The number of nitrogen functional groups attached to an aromatic ring is 1. The lowest BCUT2D eigenvalue weighted by Crippen LogP contribution is -2.40. The van der Waals surface area contributed by atoms with E-state index in [-0.39, 0.29) is 24.1 Å². The molecule has 10 heteroatoms. The van der Waals surface area contributed by atoms with Crippen LogP contribution in [-0.2, 0) is 9.53 Å². The Hall–Kier alpha value is -4.21. The number of hydrogen-bond donors (Lipinski definition) is 2. The lowest BCUT2D eigenvalue weighted by Gasteiger charge is -2.26. The van der Waals surface area contributed by atoms with Crippen molar-refractivity contribution in [3.05, 3.63) is 82.5 Å². The van der Waals surface area contributed by atoms with E-state index < -0.39 is 6.10 Å². The van der Waals surface area contributed by atoms with Crippen molar-refractivity contribution < 1.29 is 23.9 Å². The monoisotopic (exact) mass is 532 g/mol. The van der Waals surface area contributed by atoms with Crippen LogP contribution in [0.5, 0.6) is 5.75 Å². The molecule has 0 aliphatic carbocycles. The molecule has 0 bridgehead atoms. The zero-order valence-corrected chi connectivity index (χ0v) is 21.1. The number of hydrogen-bond acceptors (Lipinski definition) is 7. The van der Waals surface area contributed by atoms with E-state index in [9.17, 15) is 14.4 Å². The molecule has 9 nitrogen and oxygen atoms in total. The minimum atomic E-state index is -0.887. The van der Waals surface area contributed by atoms with E-state index in [1.165, 1.54) is 6.08 Å². The first-order chi connectivity index (χ1) is 18.4. The summed E-state index contributed by atoms with van der Waals surface area (Å²) >= 11 is 6.47. The van der Waals surface area contributed by atoms with Crippen LogP contribution in [-0.4, -0.2) is 66.4 Å². The van der Waals surface area contributed by atoms with Gasteiger partial charge >= 0.3 is 0 Å². The minimum Gasteiger partial charge on any atom is -0.478 e. The predicted octanol–water partition coefficient (Wildman–Crippen LogP) is 3.23. The van der Waals surface area contributed by atoms with Gasteiger partial charge in [-0.3, -0.25) is 14.4 Å². The third kappa shape index (κ3) is 5.53. The Labute approximate surface area is 224 Å². The molecule has 1 unspecified atom stereocenters. The summed E-state index contributed by atoms with van der Waals surface area (Å²) in [6, 6.07) is 14.0. The van der Waals surface area contributed by atoms with E-state index in [4.69, 9.17) is 26.8 Å². The van der Waals surface area contributed by atoms with Crippen molar-refractivity contribution in [2.75, 3.05) is 38.6 Å². The number of nitrogens with two attached hydrogens (primary N) is 1. The summed E-state index contributed by atoms with van der Waals surface area (Å²) in [6.45, 7) is 2.20. The average Bonchev–Trinajstić information content (AvgIpc) is 3.27. The number of carbonyl (C=O) groups is 3. The van der Waals surface area contributed by atoms with Gasteiger partial charge in [0.25, 0.3) is 5.91 Å². The van der Waals surface area contributed by atoms with Crippen LogP contribution >= 0.6 is 11.6 Å². The molecule has 0 saturated carbocycles. The van der Waals surface area contributed by atoms with Gasteiger partial charge in [0, 0.05) is 30.9 Å².